The number of carbonyl (C=O) groups excluding carboxylic acids is 3. The molecule has 188 valence electrons. The van der Waals surface area contributed by atoms with Crippen molar-refractivity contribution >= 4 is 40.6 Å². The molecule has 0 radical (unpaired) electrons. The summed E-state index contributed by atoms with van der Waals surface area (Å²) in [6, 6.07) is 13.4. The molecule has 1 aromatic heterocycles. The number of rotatable bonds is 8. The average Bonchev–Trinajstić information content (AvgIpc) is 3.52. The van der Waals surface area contributed by atoms with Crippen molar-refractivity contribution in [2.24, 2.45) is 5.73 Å². The van der Waals surface area contributed by atoms with Gasteiger partial charge in [-0.05, 0) is 49.0 Å². The van der Waals surface area contributed by atoms with Gasteiger partial charge in [0.05, 0.1) is 18.5 Å². The number of nitrogen functional groups attached to an aromatic ring is 1. The van der Waals surface area contributed by atoms with E-state index in [0.29, 0.717) is 17.0 Å². The molecule has 36 heavy (non-hydrogen) atoms. The smallest absolute Gasteiger partial charge is 0.273 e. The zero-order chi connectivity index (χ0) is 25.8. The lowest BCUT2D eigenvalue weighted by Gasteiger charge is -2.33. The van der Waals surface area contributed by atoms with Gasteiger partial charge >= 0.3 is 0 Å². The largest absolute Gasteiger partial charge is 0.495 e. The van der Waals surface area contributed by atoms with E-state index in [1.54, 1.807) is 24.3 Å². The van der Waals surface area contributed by atoms with Gasteiger partial charge in [0.25, 0.3) is 11.8 Å². The van der Waals surface area contributed by atoms with Crippen LogP contribution in [0.25, 0.3) is 0 Å². The molecule has 1 saturated carbocycles. The van der Waals surface area contributed by atoms with E-state index in [9.17, 15) is 14.4 Å². The summed E-state index contributed by atoms with van der Waals surface area (Å²) in [7, 11) is 1.49. The van der Waals surface area contributed by atoms with Crippen molar-refractivity contribution in [2.75, 3.05) is 17.7 Å². The number of benzene rings is 2. The lowest BCUT2D eigenvalue weighted by atomic mass is 10.0. The van der Waals surface area contributed by atoms with E-state index < -0.39 is 17.9 Å². The van der Waals surface area contributed by atoms with Gasteiger partial charge in [-0.25, -0.2) is 0 Å². The van der Waals surface area contributed by atoms with Gasteiger partial charge in [-0.2, -0.15) is 4.37 Å². The number of hydrogen-bond donors (Lipinski definition) is 3. The highest BCUT2D eigenvalue weighted by atomic mass is 32.1. The number of nitrogens with two attached hydrogens (primary N) is 2. The molecule has 0 saturated heterocycles. The fraction of sp³-hybridized carbons (Fsp3) is 0.308. The Morgan fingerprint density at radius 3 is 2.39 bits per heavy atom. The maximum atomic E-state index is 14.1. The van der Waals surface area contributed by atoms with Crippen LogP contribution in [0.15, 0.2) is 48.5 Å². The fourth-order valence-corrected chi connectivity index (χ4v) is 5.19. The van der Waals surface area contributed by atoms with E-state index in [1.165, 1.54) is 12.0 Å². The van der Waals surface area contributed by atoms with Crippen LogP contribution in [0, 0.1) is 6.92 Å². The highest BCUT2D eigenvalue weighted by Crippen LogP contribution is 2.38. The third kappa shape index (κ3) is 5.03. The topological polar surface area (TPSA) is 141 Å². The van der Waals surface area contributed by atoms with E-state index in [-0.39, 0.29) is 28.2 Å². The molecule has 1 heterocycles. The lowest BCUT2D eigenvalue weighted by molar-refractivity contribution is -0.123. The molecule has 1 aliphatic rings. The molecule has 0 spiro atoms. The molecule has 3 amide bonds. The van der Waals surface area contributed by atoms with Crippen molar-refractivity contribution in [1.82, 2.24) is 9.69 Å². The molecule has 3 aromatic rings. The van der Waals surface area contributed by atoms with Crippen LogP contribution in [0.5, 0.6) is 5.75 Å². The number of para-hydroxylation sites is 2. The highest BCUT2D eigenvalue weighted by Gasteiger charge is 2.38. The molecular weight excluding hydrogens is 478 g/mol. The van der Waals surface area contributed by atoms with Gasteiger partial charge in [0.2, 0.25) is 5.91 Å². The summed E-state index contributed by atoms with van der Waals surface area (Å²) in [4.78, 5) is 41.1. The van der Waals surface area contributed by atoms with Crippen LogP contribution in [0.4, 0.5) is 11.4 Å². The van der Waals surface area contributed by atoms with Gasteiger partial charge in [-0.15, -0.1) is 0 Å². The Morgan fingerprint density at radius 1 is 1.11 bits per heavy atom. The van der Waals surface area contributed by atoms with Crippen molar-refractivity contribution in [3.8, 4) is 5.75 Å². The van der Waals surface area contributed by atoms with Gasteiger partial charge in [-0.3, -0.25) is 19.3 Å². The van der Waals surface area contributed by atoms with Crippen molar-refractivity contribution in [1.29, 1.82) is 0 Å². The van der Waals surface area contributed by atoms with Crippen LogP contribution < -0.4 is 26.4 Å². The third-order valence-corrected chi connectivity index (χ3v) is 7.17. The first-order chi connectivity index (χ1) is 17.3. The highest BCUT2D eigenvalue weighted by molar-refractivity contribution is 7.09. The van der Waals surface area contributed by atoms with E-state index in [4.69, 9.17) is 16.2 Å². The second-order valence-electron chi connectivity index (χ2n) is 8.79. The predicted octanol–water partition coefficient (Wildman–Crippen LogP) is 3.59. The maximum Gasteiger partial charge on any atom is 0.273 e. The molecule has 0 bridgehead atoms. The standard InChI is InChI=1S/C26H29N5O4S/c1-15-11-13-16(14-12-15)22(25(33)29-17-7-3-4-8-17)31(18-9-5-6-10-19(18)35-2)26(34)23-20(27)21(24(28)32)30-36-23/h5-6,9-14,17,22H,3-4,7-8,27H2,1-2H3,(H2,28,32)(H,29,33)/t22-/m1/s1. The van der Waals surface area contributed by atoms with E-state index in [0.717, 1.165) is 42.8 Å². The quantitative estimate of drug-likeness (QED) is 0.426. The molecule has 1 fully saturated rings. The monoisotopic (exact) mass is 507 g/mol. The molecule has 1 aliphatic carbocycles. The molecule has 9 nitrogen and oxygen atoms in total. The van der Waals surface area contributed by atoms with Crippen molar-refractivity contribution in [3.05, 3.63) is 70.2 Å². The molecule has 1 atom stereocenters. The molecular formula is C26H29N5O4S. The average molecular weight is 508 g/mol. The Labute approximate surface area is 213 Å². The number of primary amides is 1. The number of aryl methyl sites for hydroxylation is 1. The summed E-state index contributed by atoms with van der Waals surface area (Å²) in [6.45, 7) is 1.95. The van der Waals surface area contributed by atoms with Gasteiger partial charge < -0.3 is 21.5 Å². The Morgan fingerprint density at radius 2 is 1.78 bits per heavy atom. The molecule has 0 unspecified atom stereocenters. The summed E-state index contributed by atoms with van der Waals surface area (Å²) >= 11 is 0.769. The molecule has 0 aliphatic heterocycles. The van der Waals surface area contributed by atoms with Crippen LogP contribution in [0.1, 0.15) is 63.0 Å². The summed E-state index contributed by atoms with van der Waals surface area (Å²) < 4.78 is 9.55. The lowest BCUT2D eigenvalue weighted by Crippen LogP contribution is -2.46. The first kappa shape index (κ1) is 25.2. The van der Waals surface area contributed by atoms with Gasteiger partial charge in [-0.1, -0.05) is 54.8 Å². The van der Waals surface area contributed by atoms with Crippen LogP contribution in [-0.4, -0.2) is 35.2 Å². The summed E-state index contributed by atoms with van der Waals surface area (Å²) in [5, 5.41) is 3.13. The van der Waals surface area contributed by atoms with Crippen molar-refractivity contribution < 1.29 is 19.1 Å². The molecule has 4 rings (SSSR count). The summed E-state index contributed by atoms with van der Waals surface area (Å²) in [6.07, 6.45) is 3.86. The molecule has 10 heteroatoms. The second kappa shape index (κ2) is 10.8. The number of nitrogens with zero attached hydrogens (tertiary/aromatic N) is 2. The van der Waals surface area contributed by atoms with Crippen LogP contribution in [0.3, 0.4) is 0 Å². The van der Waals surface area contributed by atoms with Crippen LogP contribution in [-0.2, 0) is 4.79 Å². The number of aromatic nitrogens is 1. The number of ether oxygens (including phenoxy) is 1. The summed E-state index contributed by atoms with van der Waals surface area (Å²) in [5.41, 5.74) is 13.2. The van der Waals surface area contributed by atoms with Crippen LogP contribution >= 0.6 is 11.5 Å². The number of nitrogens with one attached hydrogen (secondary N) is 1. The Hall–Kier alpha value is -3.92. The van der Waals surface area contributed by atoms with E-state index >= 15 is 0 Å². The number of methoxy groups -OCH3 is 1. The van der Waals surface area contributed by atoms with Gasteiger partial charge in [0, 0.05) is 6.04 Å². The first-order valence-corrected chi connectivity index (χ1v) is 12.5. The normalized spacial score (nSPS) is 14.3. The summed E-state index contributed by atoms with van der Waals surface area (Å²) in [5.74, 6) is -1.34. The Kier molecular flexibility index (Phi) is 7.54. The van der Waals surface area contributed by atoms with Crippen molar-refractivity contribution in [3.63, 3.8) is 0 Å². The maximum absolute atomic E-state index is 14.1. The third-order valence-electron chi connectivity index (χ3n) is 6.32. The van der Waals surface area contributed by atoms with Crippen LogP contribution in [0.2, 0.25) is 0 Å². The Bertz CT molecular complexity index is 1270. The SMILES string of the molecule is COc1ccccc1N(C(=O)c1snc(C(N)=O)c1N)[C@@H](C(=O)NC1CCCC1)c1ccc(C)cc1. The number of anilines is 2. The number of amides is 3. The van der Waals surface area contributed by atoms with Gasteiger partial charge in [0.15, 0.2) is 5.69 Å². The fourth-order valence-electron chi connectivity index (χ4n) is 4.45. The van der Waals surface area contributed by atoms with E-state index in [2.05, 4.69) is 9.69 Å². The van der Waals surface area contributed by atoms with Gasteiger partial charge in [0.1, 0.15) is 16.7 Å². The minimum Gasteiger partial charge on any atom is -0.495 e. The minimum absolute atomic E-state index is 0.0143. The first-order valence-electron chi connectivity index (χ1n) is 11.7. The number of carbonyl (C=O) groups is 3. The zero-order valence-corrected chi connectivity index (χ0v) is 21.0. The second-order valence-corrected chi connectivity index (χ2v) is 9.56. The van der Waals surface area contributed by atoms with Crippen molar-refractivity contribution in [2.45, 2.75) is 44.7 Å². The number of hydrogen-bond acceptors (Lipinski definition) is 7. The minimum atomic E-state index is -1.03. The Balaban J connectivity index is 1.88. The predicted molar refractivity (Wildman–Crippen MR) is 139 cm³/mol. The molecule has 5 N–H and O–H groups in total. The zero-order valence-electron chi connectivity index (χ0n) is 20.2. The molecule has 2 aromatic carbocycles. The van der Waals surface area contributed by atoms with E-state index in [1.807, 2.05) is 31.2 Å².